The van der Waals surface area contributed by atoms with Crippen LogP contribution in [0.1, 0.15) is 12.8 Å². The van der Waals surface area contributed by atoms with Gasteiger partial charge in [0.1, 0.15) is 0 Å². The van der Waals surface area contributed by atoms with Crippen molar-refractivity contribution in [2.24, 2.45) is 5.92 Å². The largest absolute Gasteiger partial charge is 0.491 e. The van der Waals surface area contributed by atoms with Gasteiger partial charge < -0.3 is 14.9 Å². The average Bonchev–Trinajstić information content (AvgIpc) is 2.70. The predicted octanol–water partition coefficient (Wildman–Crippen LogP) is -1.10. The molecule has 0 saturated carbocycles. The topological polar surface area (TPSA) is 61.5 Å². The molecule has 0 spiro atoms. The molecule has 2 heterocycles. The van der Waals surface area contributed by atoms with Crippen LogP contribution in [0.2, 0.25) is 0 Å². The van der Waals surface area contributed by atoms with E-state index in [-0.39, 0.29) is 0 Å². The Balaban J connectivity index is 1.88. The Morgan fingerprint density at radius 1 is 1.44 bits per heavy atom. The summed E-state index contributed by atoms with van der Waals surface area (Å²) in [4.78, 5) is 2.34. The van der Waals surface area contributed by atoms with Gasteiger partial charge in [0.25, 0.3) is 0 Å². The summed E-state index contributed by atoms with van der Waals surface area (Å²) >= 11 is 0. The molecule has 1 saturated heterocycles. The van der Waals surface area contributed by atoms with Crippen LogP contribution in [0.5, 0.6) is 0 Å². The van der Waals surface area contributed by atoms with E-state index in [0.717, 1.165) is 19.6 Å². The summed E-state index contributed by atoms with van der Waals surface area (Å²) in [5.74, 6) is 0.653. The molecule has 1 aromatic rings. The van der Waals surface area contributed by atoms with Crippen molar-refractivity contribution in [2.75, 3.05) is 20.1 Å². The Morgan fingerprint density at radius 2 is 2.12 bits per heavy atom. The molecule has 1 aromatic heterocycles. The first-order valence-electron chi connectivity index (χ1n) is 5.72. The van der Waals surface area contributed by atoms with Crippen molar-refractivity contribution in [2.45, 2.75) is 19.4 Å². The first kappa shape index (κ1) is 11.6. The minimum Gasteiger partial charge on any atom is -0.423 e. The van der Waals surface area contributed by atoms with Crippen molar-refractivity contribution in [3.63, 3.8) is 0 Å². The van der Waals surface area contributed by atoms with Gasteiger partial charge in [0.2, 0.25) is 0 Å². The van der Waals surface area contributed by atoms with Crippen LogP contribution in [0.25, 0.3) is 0 Å². The van der Waals surface area contributed by atoms with Gasteiger partial charge in [0.15, 0.2) is 0 Å². The second-order valence-corrected chi connectivity index (χ2v) is 4.62. The number of likely N-dealkylation sites (tertiary alicyclic amines) is 1. The molecule has 2 rings (SSSR count). The average molecular weight is 223 g/mol. The second-order valence-electron chi connectivity index (χ2n) is 4.62. The Kier molecular flexibility index (Phi) is 3.63. The van der Waals surface area contributed by atoms with Crippen LogP contribution < -0.4 is 5.46 Å². The molecule has 0 atom stereocenters. The van der Waals surface area contributed by atoms with Crippen LogP contribution in [0, 0.1) is 5.92 Å². The van der Waals surface area contributed by atoms with Gasteiger partial charge in [-0.1, -0.05) is 0 Å². The number of piperidine rings is 1. The highest BCUT2D eigenvalue weighted by Crippen LogP contribution is 2.17. The SMILES string of the molecule is CN1CCC(Cn2cc(B(O)O)cn2)CC1. The van der Waals surface area contributed by atoms with Gasteiger partial charge in [-0.25, -0.2) is 0 Å². The summed E-state index contributed by atoms with van der Waals surface area (Å²) in [6.07, 6.45) is 5.60. The Labute approximate surface area is 95.8 Å². The second kappa shape index (κ2) is 4.99. The zero-order valence-corrected chi connectivity index (χ0v) is 9.58. The lowest BCUT2D eigenvalue weighted by molar-refractivity contribution is 0.201. The van der Waals surface area contributed by atoms with E-state index >= 15 is 0 Å². The fourth-order valence-corrected chi connectivity index (χ4v) is 2.12. The molecule has 88 valence electrons. The first-order chi connectivity index (χ1) is 7.65. The molecular weight excluding hydrogens is 205 g/mol. The number of rotatable bonds is 3. The predicted molar refractivity (Wildman–Crippen MR) is 62.3 cm³/mol. The van der Waals surface area contributed by atoms with Crippen LogP contribution >= 0.6 is 0 Å². The summed E-state index contributed by atoms with van der Waals surface area (Å²) < 4.78 is 1.81. The van der Waals surface area contributed by atoms with E-state index in [4.69, 9.17) is 10.0 Å². The van der Waals surface area contributed by atoms with Gasteiger partial charge in [0, 0.05) is 24.4 Å². The van der Waals surface area contributed by atoms with E-state index in [9.17, 15) is 0 Å². The van der Waals surface area contributed by atoms with Crippen LogP contribution in [0.4, 0.5) is 0 Å². The molecule has 0 radical (unpaired) electrons. The van der Waals surface area contributed by atoms with Gasteiger partial charge in [-0.2, -0.15) is 5.10 Å². The van der Waals surface area contributed by atoms with Gasteiger partial charge in [-0.05, 0) is 38.9 Å². The van der Waals surface area contributed by atoms with Crippen molar-refractivity contribution in [1.29, 1.82) is 0 Å². The monoisotopic (exact) mass is 223 g/mol. The van der Waals surface area contributed by atoms with E-state index in [1.807, 2.05) is 4.68 Å². The van der Waals surface area contributed by atoms with Crippen LogP contribution in [0.15, 0.2) is 12.4 Å². The quantitative estimate of drug-likeness (QED) is 0.639. The highest BCUT2D eigenvalue weighted by atomic mass is 16.4. The molecule has 16 heavy (non-hydrogen) atoms. The van der Waals surface area contributed by atoms with Crippen LogP contribution in [0.3, 0.4) is 0 Å². The molecule has 1 aliphatic rings. The number of hydrogen-bond acceptors (Lipinski definition) is 4. The molecule has 1 fully saturated rings. The summed E-state index contributed by atoms with van der Waals surface area (Å²) in [5.41, 5.74) is 0.466. The maximum Gasteiger partial charge on any atom is 0.491 e. The van der Waals surface area contributed by atoms with Crippen LogP contribution in [-0.2, 0) is 6.54 Å². The van der Waals surface area contributed by atoms with Gasteiger partial charge in [0.05, 0.1) is 0 Å². The third kappa shape index (κ3) is 2.84. The van der Waals surface area contributed by atoms with E-state index in [1.54, 1.807) is 6.20 Å². The molecule has 5 nitrogen and oxygen atoms in total. The smallest absolute Gasteiger partial charge is 0.423 e. The summed E-state index contributed by atoms with van der Waals surface area (Å²) in [6, 6.07) is 0. The highest BCUT2D eigenvalue weighted by molar-refractivity contribution is 6.58. The zero-order chi connectivity index (χ0) is 11.5. The molecule has 0 amide bonds. The van der Waals surface area contributed by atoms with Crippen LogP contribution in [-0.4, -0.2) is 52.0 Å². The van der Waals surface area contributed by atoms with E-state index in [0.29, 0.717) is 11.4 Å². The normalized spacial score (nSPS) is 18.9. The van der Waals surface area contributed by atoms with Crippen molar-refractivity contribution >= 4 is 12.6 Å². The number of hydrogen-bond donors (Lipinski definition) is 2. The van der Waals surface area contributed by atoms with E-state index in [2.05, 4.69) is 17.0 Å². The van der Waals surface area contributed by atoms with E-state index < -0.39 is 7.12 Å². The van der Waals surface area contributed by atoms with Gasteiger partial charge >= 0.3 is 7.12 Å². The Morgan fingerprint density at radius 3 is 2.69 bits per heavy atom. The Bertz CT molecular complexity index is 335. The fourth-order valence-electron chi connectivity index (χ4n) is 2.12. The molecule has 0 aliphatic carbocycles. The molecule has 0 aromatic carbocycles. The zero-order valence-electron chi connectivity index (χ0n) is 9.58. The highest BCUT2D eigenvalue weighted by Gasteiger charge is 2.18. The lowest BCUT2D eigenvalue weighted by Crippen LogP contribution is -2.32. The van der Waals surface area contributed by atoms with Crippen molar-refractivity contribution < 1.29 is 10.0 Å². The first-order valence-corrected chi connectivity index (χ1v) is 5.72. The molecule has 2 N–H and O–H groups in total. The summed E-state index contributed by atoms with van der Waals surface area (Å²) in [7, 11) is 0.732. The summed E-state index contributed by atoms with van der Waals surface area (Å²) in [5, 5.41) is 22.1. The lowest BCUT2D eigenvalue weighted by atomic mass is 9.83. The number of nitrogens with zero attached hydrogens (tertiary/aromatic N) is 3. The molecular formula is C10H18BN3O2. The van der Waals surface area contributed by atoms with Gasteiger partial charge in [-0.3, -0.25) is 4.68 Å². The van der Waals surface area contributed by atoms with Crippen molar-refractivity contribution in [3.05, 3.63) is 12.4 Å². The maximum absolute atomic E-state index is 8.97. The summed E-state index contributed by atoms with van der Waals surface area (Å²) in [6.45, 7) is 3.16. The van der Waals surface area contributed by atoms with Crippen molar-refractivity contribution in [1.82, 2.24) is 14.7 Å². The van der Waals surface area contributed by atoms with E-state index in [1.165, 1.54) is 19.0 Å². The minimum atomic E-state index is -1.41. The van der Waals surface area contributed by atoms with Gasteiger partial charge in [-0.15, -0.1) is 0 Å². The third-order valence-corrected chi connectivity index (χ3v) is 3.23. The number of aromatic nitrogens is 2. The Hall–Kier alpha value is -0.845. The molecule has 6 heteroatoms. The molecule has 0 bridgehead atoms. The maximum atomic E-state index is 8.97. The lowest BCUT2D eigenvalue weighted by Gasteiger charge is -2.28. The standard InChI is InChI=1S/C10H18BN3O2/c1-13-4-2-9(3-5-13)7-14-8-10(6-12-14)11(15)16/h6,8-9,15-16H,2-5,7H2,1H3. The van der Waals surface area contributed by atoms with Crippen molar-refractivity contribution in [3.8, 4) is 0 Å². The third-order valence-electron chi connectivity index (χ3n) is 3.23. The fraction of sp³-hybridized carbons (Fsp3) is 0.700. The minimum absolute atomic E-state index is 0.466. The molecule has 1 aliphatic heterocycles. The molecule has 0 unspecified atom stereocenters.